The average Bonchev–Trinajstić information content (AvgIpc) is 1.63. The third-order valence-corrected chi connectivity index (χ3v) is 15.9. The molecule has 541 valence electrons. The Kier molecular flexibility index (Phi) is 41.8. The van der Waals surface area contributed by atoms with Crippen molar-refractivity contribution in [3.05, 3.63) is 69.3 Å². The quantitative estimate of drug-likeness (QED) is 0.0203. The SMILES string of the molecule is CCc1c(C)c2cc3[nH]c(cc4nc(cc5nc(cc1[nH]2)C(C)=C5CCC(=O)NNC(=O)CN(CCN(CCN(CC(=O)O)CC(=O)O)CC(=O)O)CC(=O)O)C(CCC(=O)NNC(=O)CN(CCN(CCN(CC(=O)O)CC(=O)O)CC(=O)O)CC(=O)O)=C4C)c(C)c3CC.[Cu+2].[Gd+3].[Gd+3].[Na+]. The third kappa shape index (κ3) is 30.6. The minimum atomic E-state index is -1.33. The van der Waals surface area contributed by atoms with Gasteiger partial charge < -0.3 is 50.8 Å². The fourth-order valence-electron chi connectivity index (χ4n) is 11.2. The standard InChI is InChI=1S/C62H84N14O20.Cu.2Gd.Na/c1-7-39-35(3)43-21-44-37(5)41(9-11-51(77)67-69-53(79)25-73(29-57(85)86)17-13-71(27-55(81)82)15-19-75(31-59(89)90)32-60(91)92)49(65-44)24-50-42(38(6)46(66-50)23-48-40(8-2)36(4)45(64-48)22-47(39)63-43)10-12-52(78)68-70-54(80)26-74(30-58(87)88)18-14-72(28-56(83)84)16-20-76(33-61(93)94)34-62(95)96;;;;/h21-24,63-64H,7-20,25-34H2,1-6H3,(H,67,77)(H,68,78)(H,69,79)(H,70,80)(H,81,82)(H,83,84)(H,85,86)(H,87,88)(H,89,90)(H,91,92)(H,93,94)(H,95,96);;;;/q;+2;2*+3;+1. The first-order valence-electron chi connectivity index (χ1n) is 30.7. The summed E-state index contributed by atoms with van der Waals surface area (Å²) in [5.74, 6) is -13.4. The van der Waals surface area contributed by atoms with Crippen molar-refractivity contribution in [1.82, 2.24) is 71.0 Å². The van der Waals surface area contributed by atoms with E-state index in [0.29, 0.717) is 57.9 Å². The summed E-state index contributed by atoms with van der Waals surface area (Å²) < 4.78 is 0. The van der Waals surface area contributed by atoms with Gasteiger partial charge >= 0.3 is 174 Å². The molecule has 2 aliphatic rings. The van der Waals surface area contributed by atoms with Crippen molar-refractivity contribution in [2.45, 2.75) is 80.1 Å². The van der Waals surface area contributed by atoms with E-state index in [0.717, 1.165) is 54.1 Å². The van der Waals surface area contributed by atoms with E-state index >= 15 is 0 Å². The molecule has 0 aliphatic carbocycles. The molecule has 0 unspecified atom stereocenters. The molecule has 0 atom stereocenters. The number of aliphatic carboxylic acids is 8. The van der Waals surface area contributed by atoms with Gasteiger partial charge in [-0.15, -0.1) is 0 Å². The van der Waals surface area contributed by atoms with Crippen molar-refractivity contribution < 1.29 is 225 Å². The fourth-order valence-corrected chi connectivity index (χ4v) is 11.2. The second-order valence-electron chi connectivity index (χ2n) is 23.1. The van der Waals surface area contributed by atoms with Crippen LogP contribution in [-0.4, -0.2) is 279 Å². The molecule has 3 aromatic rings. The smallest absolute Gasteiger partial charge is 0.480 e. The molecule has 14 N–H and O–H groups in total. The van der Waals surface area contributed by atoms with Crippen molar-refractivity contribution in [2.24, 2.45) is 0 Å². The Balaban J connectivity index is 0.0000125. The zero-order valence-electron chi connectivity index (χ0n) is 56.3. The van der Waals surface area contributed by atoms with Gasteiger partial charge in [-0.2, -0.15) is 0 Å². The van der Waals surface area contributed by atoms with Crippen molar-refractivity contribution in [1.29, 1.82) is 0 Å². The summed E-state index contributed by atoms with van der Waals surface area (Å²) in [6.07, 6.45) is 1.09. The van der Waals surface area contributed by atoms with E-state index in [-0.39, 0.29) is 205 Å². The number of hydrogen-bond donors (Lipinski definition) is 14. The number of allylic oxidation sites excluding steroid dienone is 4. The van der Waals surface area contributed by atoms with E-state index < -0.39 is 137 Å². The first kappa shape index (κ1) is 92.2. The number of carbonyl (C=O) groups excluding carboxylic acids is 4. The number of rotatable bonds is 40. The Morgan fingerprint density at radius 1 is 0.360 bits per heavy atom. The number of aryl methyl sites for hydroxylation is 4. The summed E-state index contributed by atoms with van der Waals surface area (Å²) in [7, 11) is 0. The fraction of sp³-hybridized carbons (Fsp3) is 0.484. The molecule has 3 radical (unpaired) electrons. The summed E-state index contributed by atoms with van der Waals surface area (Å²) in [6.45, 7) is 4.52. The Hall–Kier alpha value is -5.83. The minimum Gasteiger partial charge on any atom is -0.480 e. The number of aromatic amines is 2. The van der Waals surface area contributed by atoms with Gasteiger partial charge in [-0.05, 0) is 122 Å². The zero-order chi connectivity index (χ0) is 71.1. The van der Waals surface area contributed by atoms with Gasteiger partial charge in [-0.1, -0.05) is 13.8 Å². The largest absolute Gasteiger partial charge is 3.00 e. The van der Waals surface area contributed by atoms with Gasteiger partial charge in [0.05, 0.1) is 88.2 Å². The molecule has 0 saturated carbocycles. The van der Waals surface area contributed by atoms with Gasteiger partial charge in [0, 0.05) is 87.3 Å². The van der Waals surface area contributed by atoms with Gasteiger partial charge in [-0.3, -0.25) is 109 Å². The van der Waals surface area contributed by atoms with Crippen LogP contribution in [0.2, 0.25) is 0 Å². The van der Waals surface area contributed by atoms with E-state index in [1.54, 1.807) is 6.07 Å². The molecule has 38 heteroatoms. The van der Waals surface area contributed by atoms with Crippen molar-refractivity contribution in [3.63, 3.8) is 0 Å². The second-order valence-corrected chi connectivity index (χ2v) is 23.1. The molecule has 0 spiro atoms. The Bertz CT molecular complexity index is 3690. The molecule has 4 amide bonds. The van der Waals surface area contributed by atoms with Gasteiger partial charge in [-0.25, -0.2) is 9.97 Å². The maximum absolute atomic E-state index is 13.6. The topological polar surface area (TPSA) is 492 Å². The molecule has 0 aromatic carbocycles. The van der Waals surface area contributed by atoms with Crippen LogP contribution in [0.4, 0.5) is 0 Å². The Morgan fingerprint density at radius 3 is 0.910 bits per heavy atom. The molecule has 2 aliphatic heterocycles. The zero-order valence-corrected chi connectivity index (χ0v) is 63.8. The van der Waals surface area contributed by atoms with Gasteiger partial charge in [0.15, 0.2) is 0 Å². The monoisotopic (exact) mass is 1750 g/mol. The molecule has 8 bridgehead atoms. The van der Waals surface area contributed by atoms with E-state index in [1.165, 1.54) is 19.6 Å². The summed E-state index contributed by atoms with van der Waals surface area (Å²) in [5, 5.41) is 75.3. The molecular formula is C62H84CuGd2N14NaO20+9. The van der Waals surface area contributed by atoms with Gasteiger partial charge in [0.1, 0.15) is 0 Å². The molecule has 5 heterocycles. The van der Waals surface area contributed by atoms with Crippen molar-refractivity contribution >= 4 is 116 Å². The normalized spacial score (nSPS) is 11.8. The summed E-state index contributed by atoms with van der Waals surface area (Å²) in [6, 6.07) is 7.67. The van der Waals surface area contributed by atoms with Crippen molar-refractivity contribution in [2.75, 3.05) is 118 Å². The molecule has 3 aromatic heterocycles. The maximum Gasteiger partial charge on any atom is 3.00 e. The predicted octanol–water partition coefficient (Wildman–Crippen LogP) is -2.74. The number of carboxylic acids is 8. The van der Waals surface area contributed by atoms with Crippen LogP contribution >= 0.6 is 0 Å². The van der Waals surface area contributed by atoms with Crippen LogP contribution in [0.25, 0.3) is 44.4 Å². The van der Waals surface area contributed by atoms with Crippen LogP contribution in [0.1, 0.15) is 98.4 Å². The minimum absolute atomic E-state index is 0. The number of carbonyl (C=O) groups is 12. The molecule has 100 heavy (non-hydrogen) atoms. The summed E-state index contributed by atoms with van der Waals surface area (Å²) in [5.41, 5.74) is 21.5. The maximum atomic E-state index is 13.6. The summed E-state index contributed by atoms with van der Waals surface area (Å²) in [4.78, 5) is 171. The molecule has 5 rings (SSSR count). The van der Waals surface area contributed by atoms with Crippen LogP contribution in [0, 0.1) is 93.7 Å². The average molecular weight is 1750 g/mol. The molecule has 0 saturated heterocycles. The van der Waals surface area contributed by atoms with E-state index in [1.807, 2.05) is 46.8 Å². The van der Waals surface area contributed by atoms with Crippen LogP contribution in [0.3, 0.4) is 0 Å². The summed E-state index contributed by atoms with van der Waals surface area (Å²) >= 11 is 0. The second kappa shape index (κ2) is 45.3. The van der Waals surface area contributed by atoms with Crippen LogP contribution in [0.5, 0.6) is 0 Å². The predicted molar refractivity (Wildman–Crippen MR) is 345 cm³/mol. The number of aromatic nitrogens is 4. The number of carboxylic acid groups (broad SMARTS) is 8. The van der Waals surface area contributed by atoms with Gasteiger partial charge in [0.2, 0.25) is 11.8 Å². The van der Waals surface area contributed by atoms with E-state index in [9.17, 15) is 98.4 Å². The van der Waals surface area contributed by atoms with Gasteiger partial charge in [0.25, 0.3) is 11.8 Å². The number of nitrogens with one attached hydrogen (secondary N) is 6. The number of H-pyrrole nitrogens is 2. The Labute approximate surface area is 672 Å². The van der Waals surface area contributed by atoms with Crippen LogP contribution in [-0.2, 0) is 87.4 Å². The van der Waals surface area contributed by atoms with Crippen LogP contribution < -0.4 is 51.3 Å². The van der Waals surface area contributed by atoms with Crippen LogP contribution in [0.15, 0.2) is 24.3 Å². The number of hydrazine groups is 2. The number of nitrogens with zero attached hydrogens (tertiary/aromatic N) is 8. The molecule has 34 nitrogen and oxygen atoms in total. The first-order chi connectivity index (χ1) is 45.3. The molecule has 0 fully saturated rings. The number of amides is 4. The molecular weight excluding hydrogens is 1660 g/mol. The third-order valence-electron chi connectivity index (χ3n) is 15.9. The van der Waals surface area contributed by atoms with E-state index in [2.05, 4.69) is 44.7 Å². The van der Waals surface area contributed by atoms with E-state index in [4.69, 9.17) is 9.97 Å². The number of hydrogen-bond acceptors (Lipinski definition) is 20. The number of fused-ring (bicyclic) bond motifs is 8. The Morgan fingerprint density at radius 2 is 0.610 bits per heavy atom. The van der Waals surface area contributed by atoms with Crippen molar-refractivity contribution in [3.8, 4) is 0 Å². The first-order valence-corrected chi connectivity index (χ1v) is 30.7.